The van der Waals surface area contributed by atoms with Crippen LogP contribution in [0.5, 0.6) is 5.75 Å². The molecular formula is C75H77N3OP2. The first-order chi connectivity index (χ1) is 39.6. The Balaban J connectivity index is 0.000000172. The van der Waals surface area contributed by atoms with Gasteiger partial charge in [0.1, 0.15) is 5.75 Å². The average Bonchev–Trinajstić information content (AvgIpc) is 3.98. The summed E-state index contributed by atoms with van der Waals surface area (Å²) < 4.78 is 5.22. The minimum atomic E-state index is -0.852. The van der Waals surface area contributed by atoms with Crippen LogP contribution >= 0.6 is 15.8 Å². The first-order valence-corrected chi connectivity index (χ1v) is 31.4. The van der Waals surface area contributed by atoms with Gasteiger partial charge in [0.15, 0.2) is 0 Å². The van der Waals surface area contributed by atoms with Crippen molar-refractivity contribution in [2.24, 2.45) is 35.1 Å². The number of fused-ring (bicyclic) bond motifs is 3. The Bertz CT molecular complexity index is 3400. The number of allylic oxidation sites excluding steroid dienone is 4. The summed E-state index contributed by atoms with van der Waals surface area (Å²) in [5.74, 6) is 3.71. The van der Waals surface area contributed by atoms with Gasteiger partial charge < -0.3 is 21.1 Å². The first-order valence-electron chi connectivity index (χ1n) is 28.7. The van der Waals surface area contributed by atoms with Crippen molar-refractivity contribution < 1.29 is 4.74 Å². The lowest BCUT2D eigenvalue weighted by atomic mass is 9.74. The number of hydrogen-bond acceptors (Lipinski definition) is 4. The number of rotatable bonds is 15. The van der Waals surface area contributed by atoms with Gasteiger partial charge >= 0.3 is 0 Å². The Morgan fingerprint density at radius 3 is 1.33 bits per heavy atom. The van der Waals surface area contributed by atoms with Gasteiger partial charge in [-0.05, 0) is 167 Å². The topological polar surface area (TPSA) is 64.5 Å². The number of ether oxygens (including phenoxy) is 1. The number of benzene rings is 10. The van der Waals surface area contributed by atoms with Crippen LogP contribution in [0.3, 0.4) is 0 Å². The molecule has 0 spiro atoms. The largest absolute Gasteiger partial charge is 0.497 e. The molecule has 0 bridgehead atoms. The van der Waals surface area contributed by atoms with Gasteiger partial charge in [-0.15, -0.1) is 0 Å². The van der Waals surface area contributed by atoms with Crippen LogP contribution in [0.25, 0.3) is 32.7 Å². The Morgan fingerprint density at radius 1 is 0.494 bits per heavy atom. The van der Waals surface area contributed by atoms with E-state index in [2.05, 4.69) is 251 Å². The molecule has 10 aromatic rings. The molecular weight excluding hydrogens is 1020 g/mol. The summed E-state index contributed by atoms with van der Waals surface area (Å²) in [7, 11) is 4.29. The predicted octanol–water partition coefficient (Wildman–Crippen LogP) is 14.8. The highest BCUT2D eigenvalue weighted by atomic mass is 31.1. The highest BCUT2D eigenvalue weighted by molar-refractivity contribution is 7.80. The fourth-order valence-corrected chi connectivity index (χ4v) is 17.0. The molecule has 2 aliphatic rings. The standard InChI is InChI=1S/C44H32P2.C18H24N2O.C13H21N/c1-5-19-35(20-6-1)45(36-21-7-2-8-22-36)41-31-29-33-17-13-15-27-39(33)43(41)44-40-28-16-14-18-34(40)30-32-42(44)46(37-23-9-3-10-24-37)38-25-11-4-12-26-38;1-13(2)17(19)18(20,14-7-5-4-6-8-14)15-9-11-16(21-3)12-10-15;1-14(2)10-9-12-8-7-11-5-3-4-6-13(11)12/h1-32H;4-13,17H,19-20H2,1-3H3;3-6,11-13H,7-10H2,1-2H3. The Kier molecular flexibility index (Phi) is 19.0. The van der Waals surface area contributed by atoms with E-state index < -0.39 is 21.4 Å². The van der Waals surface area contributed by atoms with Gasteiger partial charge in [0.2, 0.25) is 0 Å². The second-order valence-electron chi connectivity index (χ2n) is 22.0. The van der Waals surface area contributed by atoms with E-state index in [1.807, 2.05) is 54.6 Å². The van der Waals surface area contributed by atoms with E-state index in [0.717, 1.165) is 34.6 Å². The van der Waals surface area contributed by atoms with E-state index >= 15 is 0 Å². The Hall–Kier alpha value is -7.26. The molecule has 4 nitrogen and oxygen atoms in total. The monoisotopic (exact) mass is 1100 g/mol. The van der Waals surface area contributed by atoms with E-state index in [0.29, 0.717) is 0 Å². The summed E-state index contributed by atoms with van der Waals surface area (Å²) in [5, 5.41) is 13.3. The molecule has 0 amide bonds. The number of hydrogen-bond donors (Lipinski definition) is 2. The van der Waals surface area contributed by atoms with Crippen molar-refractivity contribution in [3.63, 3.8) is 0 Å². The van der Waals surface area contributed by atoms with Crippen molar-refractivity contribution in [3.05, 3.63) is 284 Å². The van der Waals surface area contributed by atoms with Crippen molar-refractivity contribution in [3.8, 4) is 16.9 Å². The number of nitrogens with zero attached hydrogens (tertiary/aromatic N) is 1. The van der Waals surface area contributed by atoms with Crippen LogP contribution in [0, 0.1) is 23.7 Å². The summed E-state index contributed by atoms with van der Waals surface area (Å²) in [5.41, 5.74) is 17.3. The molecule has 4 N–H and O–H groups in total. The number of methoxy groups -OCH3 is 1. The maximum Gasteiger partial charge on any atom is 0.118 e. The van der Waals surface area contributed by atoms with Crippen molar-refractivity contribution >= 4 is 69.2 Å². The van der Waals surface area contributed by atoms with E-state index in [1.54, 1.807) is 7.11 Å². The highest BCUT2D eigenvalue weighted by Gasteiger charge is 2.38. The molecule has 0 aromatic heterocycles. The van der Waals surface area contributed by atoms with Gasteiger partial charge in [-0.1, -0.05) is 275 Å². The molecule has 12 rings (SSSR count). The molecule has 5 atom stereocenters. The summed E-state index contributed by atoms with van der Waals surface area (Å²) in [6, 6.07) is 89.5. The van der Waals surface area contributed by atoms with Crippen LogP contribution in [-0.2, 0) is 5.54 Å². The normalized spacial score (nSPS) is 16.6. The third-order valence-electron chi connectivity index (χ3n) is 16.3. The molecule has 0 radical (unpaired) electrons. The van der Waals surface area contributed by atoms with Crippen molar-refractivity contribution in [1.82, 2.24) is 4.90 Å². The zero-order chi connectivity index (χ0) is 56.1. The Morgan fingerprint density at radius 2 is 0.901 bits per heavy atom. The summed E-state index contributed by atoms with van der Waals surface area (Å²) in [6.07, 6.45) is 13.5. The van der Waals surface area contributed by atoms with Crippen LogP contribution in [0.15, 0.2) is 273 Å². The van der Waals surface area contributed by atoms with Gasteiger partial charge in [0.05, 0.1) is 12.6 Å². The van der Waals surface area contributed by atoms with Crippen LogP contribution in [-0.4, -0.2) is 38.7 Å². The zero-order valence-electron chi connectivity index (χ0n) is 47.6. The van der Waals surface area contributed by atoms with E-state index in [-0.39, 0.29) is 12.0 Å². The third-order valence-corrected chi connectivity index (χ3v) is 21.3. The van der Waals surface area contributed by atoms with E-state index in [4.69, 9.17) is 16.2 Å². The molecule has 0 saturated heterocycles. The molecule has 0 aliphatic heterocycles. The molecule has 0 heterocycles. The van der Waals surface area contributed by atoms with Crippen molar-refractivity contribution in [2.75, 3.05) is 27.7 Å². The molecule has 1 saturated carbocycles. The second-order valence-corrected chi connectivity index (χ2v) is 26.4. The number of nitrogens with two attached hydrogens (primary N) is 2. The lowest BCUT2D eigenvalue weighted by molar-refractivity contribution is 0.318. The summed E-state index contributed by atoms with van der Waals surface area (Å²) >= 11 is 0. The predicted molar refractivity (Wildman–Crippen MR) is 353 cm³/mol. The quantitative estimate of drug-likeness (QED) is 0.100. The summed E-state index contributed by atoms with van der Waals surface area (Å²) in [4.78, 5) is 2.30. The van der Waals surface area contributed by atoms with Gasteiger partial charge in [0, 0.05) is 6.04 Å². The molecule has 1 fully saturated rings. The van der Waals surface area contributed by atoms with Gasteiger partial charge in [-0.2, -0.15) is 0 Å². The van der Waals surface area contributed by atoms with Gasteiger partial charge in [-0.25, -0.2) is 0 Å². The van der Waals surface area contributed by atoms with Crippen LogP contribution in [0.1, 0.15) is 44.2 Å². The van der Waals surface area contributed by atoms with Crippen LogP contribution in [0.2, 0.25) is 0 Å². The lowest BCUT2D eigenvalue weighted by Gasteiger charge is -2.38. The second kappa shape index (κ2) is 27.0. The van der Waals surface area contributed by atoms with Gasteiger partial charge in [-0.3, -0.25) is 0 Å². The summed E-state index contributed by atoms with van der Waals surface area (Å²) in [6.45, 7) is 5.43. The highest BCUT2D eigenvalue weighted by Crippen LogP contribution is 2.46. The lowest BCUT2D eigenvalue weighted by Crippen LogP contribution is -2.55. The third kappa shape index (κ3) is 12.9. The molecule has 5 unspecified atom stereocenters. The SMILES string of the molecule is CN(C)CCC1CCC2C=CC=CC21.COc1ccc(C(N)(c2ccccc2)C(N)C(C)C)cc1.c1ccc(P(c2ccccc2)c2ccc3ccccc3c2-c2c(P(c3ccccc3)c3ccccc3)ccc3ccccc23)cc1. The molecule has 2 aliphatic carbocycles. The van der Waals surface area contributed by atoms with E-state index in [9.17, 15) is 0 Å². The maximum absolute atomic E-state index is 6.81. The molecule has 408 valence electrons. The van der Waals surface area contributed by atoms with E-state index in [1.165, 1.54) is 90.3 Å². The van der Waals surface area contributed by atoms with Crippen LogP contribution < -0.4 is 48.0 Å². The minimum Gasteiger partial charge on any atom is -0.497 e. The molecule has 6 heteroatoms. The minimum absolute atomic E-state index is 0.187. The average molecular weight is 1100 g/mol. The van der Waals surface area contributed by atoms with Crippen LogP contribution in [0.4, 0.5) is 0 Å². The van der Waals surface area contributed by atoms with Gasteiger partial charge in [0.25, 0.3) is 0 Å². The van der Waals surface area contributed by atoms with Crippen molar-refractivity contribution in [1.29, 1.82) is 0 Å². The van der Waals surface area contributed by atoms with Crippen molar-refractivity contribution in [2.45, 2.75) is 44.7 Å². The zero-order valence-corrected chi connectivity index (χ0v) is 49.4. The smallest absolute Gasteiger partial charge is 0.118 e. The molecule has 81 heavy (non-hydrogen) atoms. The first kappa shape index (κ1) is 57.0. The maximum atomic E-state index is 6.81. The molecule has 10 aromatic carbocycles. The fraction of sp³-hybridized carbons (Fsp3) is 0.200. The Labute approximate surface area is 484 Å². The fourth-order valence-electron chi connectivity index (χ4n) is 12.1.